The Kier molecular flexibility index (Phi) is 6.60. The number of anilines is 2. The van der Waals surface area contributed by atoms with Crippen molar-refractivity contribution in [3.63, 3.8) is 0 Å². The topological polar surface area (TPSA) is 66.9 Å². The summed E-state index contributed by atoms with van der Waals surface area (Å²) in [5.74, 6) is 1.38. The van der Waals surface area contributed by atoms with Crippen LogP contribution in [-0.2, 0) is 6.54 Å². The molecule has 0 saturated heterocycles. The largest absolute Gasteiger partial charge is 0.348 e. The smallest absolute Gasteiger partial charge is 0.253 e. The third-order valence-corrected chi connectivity index (χ3v) is 4.85. The molecule has 0 unspecified atom stereocenters. The second-order valence-electron chi connectivity index (χ2n) is 7.72. The molecule has 1 aromatic carbocycles. The summed E-state index contributed by atoms with van der Waals surface area (Å²) in [5, 5.41) is 6.38. The summed E-state index contributed by atoms with van der Waals surface area (Å²) < 4.78 is 0. The van der Waals surface area contributed by atoms with Gasteiger partial charge in [-0.2, -0.15) is 0 Å². The number of para-hydroxylation sites is 1. The SMILES string of the molecule is CC(C)c1cccc(C(C)C)c1Nc1ccc(C(=O)NCc2ccncc2)cn1. The van der Waals surface area contributed by atoms with Gasteiger partial charge in [0.1, 0.15) is 5.82 Å². The molecule has 0 atom stereocenters. The predicted octanol–water partition coefficient (Wildman–Crippen LogP) is 5.40. The van der Waals surface area contributed by atoms with Gasteiger partial charge < -0.3 is 10.6 Å². The van der Waals surface area contributed by atoms with Crippen molar-refractivity contribution in [2.45, 2.75) is 46.1 Å². The Labute approximate surface area is 172 Å². The first-order valence-corrected chi connectivity index (χ1v) is 9.98. The van der Waals surface area contributed by atoms with Gasteiger partial charge in [-0.3, -0.25) is 9.78 Å². The van der Waals surface area contributed by atoms with Crippen LogP contribution in [0.1, 0.15) is 66.6 Å². The van der Waals surface area contributed by atoms with Gasteiger partial charge >= 0.3 is 0 Å². The monoisotopic (exact) mass is 388 g/mol. The number of carbonyl (C=O) groups excluding carboxylic acids is 1. The Balaban J connectivity index is 1.73. The number of amides is 1. The number of benzene rings is 1. The van der Waals surface area contributed by atoms with Crippen molar-refractivity contribution in [3.05, 3.63) is 83.3 Å². The number of rotatable bonds is 7. The van der Waals surface area contributed by atoms with Crippen LogP contribution in [0.25, 0.3) is 0 Å². The van der Waals surface area contributed by atoms with Crippen molar-refractivity contribution in [3.8, 4) is 0 Å². The molecule has 0 bridgehead atoms. The highest BCUT2D eigenvalue weighted by atomic mass is 16.1. The van der Waals surface area contributed by atoms with Gasteiger partial charge in [0.15, 0.2) is 0 Å². The maximum Gasteiger partial charge on any atom is 0.253 e. The van der Waals surface area contributed by atoms with Crippen LogP contribution in [-0.4, -0.2) is 15.9 Å². The summed E-state index contributed by atoms with van der Waals surface area (Å²) in [7, 11) is 0. The molecule has 3 rings (SSSR count). The molecule has 0 saturated carbocycles. The quantitative estimate of drug-likeness (QED) is 0.569. The molecular weight excluding hydrogens is 360 g/mol. The number of aromatic nitrogens is 2. The van der Waals surface area contributed by atoms with E-state index in [0.29, 0.717) is 23.9 Å². The average molecular weight is 389 g/mol. The van der Waals surface area contributed by atoms with E-state index in [9.17, 15) is 4.79 Å². The molecule has 2 heterocycles. The van der Waals surface area contributed by atoms with Gasteiger partial charge in [-0.25, -0.2) is 4.98 Å². The lowest BCUT2D eigenvalue weighted by Gasteiger charge is -2.20. The number of pyridine rings is 2. The van der Waals surface area contributed by atoms with E-state index in [0.717, 1.165) is 17.1 Å². The van der Waals surface area contributed by atoms with E-state index in [1.807, 2.05) is 18.2 Å². The second-order valence-corrected chi connectivity index (χ2v) is 7.72. The van der Waals surface area contributed by atoms with Crippen LogP contribution in [0.4, 0.5) is 11.5 Å². The highest BCUT2D eigenvalue weighted by molar-refractivity contribution is 5.94. The summed E-state index contributed by atoms with van der Waals surface area (Å²) in [4.78, 5) is 20.8. The van der Waals surface area contributed by atoms with E-state index in [1.54, 1.807) is 24.7 Å². The van der Waals surface area contributed by atoms with Crippen LogP contribution in [0, 0.1) is 0 Å². The van der Waals surface area contributed by atoms with Gasteiger partial charge in [0.25, 0.3) is 5.91 Å². The number of nitrogens with one attached hydrogen (secondary N) is 2. The third-order valence-electron chi connectivity index (χ3n) is 4.85. The van der Waals surface area contributed by atoms with Crippen molar-refractivity contribution < 1.29 is 4.79 Å². The van der Waals surface area contributed by atoms with Crippen molar-refractivity contribution in [1.82, 2.24) is 15.3 Å². The highest BCUT2D eigenvalue weighted by Gasteiger charge is 2.14. The molecule has 29 heavy (non-hydrogen) atoms. The standard InChI is InChI=1S/C24H28N4O/c1-16(2)20-6-5-7-21(17(3)4)23(20)28-22-9-8-19(15-26-22)24(29)27-14-18-10-12-25-13-11-18/h5-13,15-17H,14H2,1-4H3,(H,26,28)(H,27,29). The normalized spacial score (nSPS) is 11.0. The van der Waals surface area contributed by atoms with E-state index in [1.165, 1.54) is 11.1 Å². The van der Waals surface area contributed by atoms with Crippen molar-refractivity contribution in [2.24, 2.45) is 0 Å². The maximum atomic E-state index is 12.4. The van der Waals surface area contributed by atoms with Gasteiger partial charge in [-0.05, 0) is 52.8 Å². The summed E-state index contributed by atoms with van der Waals surface area (Å²) in [5.41, 5.74) is 5.17. The fourth-order valence-electron chi connectivity index (χ4n) is 3.21. The Morgan fingerprint density at radius 1 is 0.931 bits per heavy atom. The van der Waals surface area contributed by atoms with E-state index >= 15 is 0 Å². The zero-order chi connectivity index (χ0) is 20.8. The van der Waals surface area contributed by atoms with E-state index in [4.69, 9.17) is 0 Å². The summed E-state index contributed by atoms with van der Waals surface area (Å²) in [6.45, 7) is 9.21. The lowest BCUT2D eigenvalue weighted by molar-refractivity contribution is 0.0950. The van der Waals surface area contributed by atoms with Crippen LogP contribution < -0.4 is 10.6 Å². The first-order valence-electron chi connectivity index (χ1n) is 9.98. The molecule has 3 aromatic rings. The van der Waals surface area contributed by atoms with E-state index < -0.39 is 0 Å². The molecule has 5 nitrogen and oxygen atoms in total. The molecule has 0 aliphatic carbocycles. The first kappa shape index (κ1) is 20.5. The maximum absolute atomic E-state index is 12.4. The second kappa shape index (κ2) is 9.32. The Morgan fingerprint density at radius 3 is 2.14 bits per heavy atom. The Hall–Kier alpha value is -3.21. The first-order chi connectivity index (χ1) is 14.0. The molecule has 5 heteroatoms. The number of nitrogens with zero attached hydrogens (tertiary/aromatic N) is 2. The molecular formula is C24H28N4O. The number of hydrogen-bond acceptors (Lipinski definition) is 4. The number of hydrogen-bond donors (Lipinski definition) is 2. The van der Waals surface area contributed by atoms with Crippen molar-refractivity contribution in [2.75, 3.05) is 5.32 Å². The molecule has 0 radical (unpaired) electrons. The minimum absolute atomic E-state index is 0.147. The third kappa shape index (κ3) is 5.19. The van der Waals surface area contributed by atoms with Gasteiger partial charge in [-0.15, -0.1) is 0 Å². The lowest BCUT2D eigenvalue weighted by atomic mass is 9.92. The molecule has 0 aliphatic heterocycles. The fourth-order valence-corrected chi connectivity index (χ4v) is 3.21. The molecule has 0 spiro atoms. The van der Waals surface area contributed by atoms with Crippen LogP contribution in [0.15, 0.2) is 61.1 Å². The molecule has 150 valence electrons. The minimum Gasteiger partial charge on any atom is -0.348 e. The van der Waals surface area contributed by atoms with Crippen LogP contribution in [0.2, 0.25) is 0 Å². The Morgan fingerprint density at radius 2 is 1.59 bits per heavy atom. The van der Waals surface area contributed by atoms with E-state index in [2.05, 4.69) is 66.5 Å². The van der Waals surface area contributed by atoms with Gasteiger partial charge in [-0.1, -0.05) is 45.9 Å². The molecule has 0 aliphatic rings. The lowest BCUT2D eigenvalue weighted by Crippen LogP contribution is -2.22. The molecule has 2 aromatic heterocycles. The Bertz CT molecular complexity index is 924. The fraction of sp³-hybridized carbons (Fsp3) is 0.292. The molecule has 1 amide bonds. The summed E-state index contributed by atoms with van der Waals surface area (Å²) in [6, 6.07) is 13.8. The van der Waals surface area contributed by atoms with Crippen molar-refractivity contribution in [1.29, 1.82) is 0 Å². The minimum atomic E-state index is -0.147. The van der Waals surface area contributed by atoms with Crippen LogP contribution >= 0.6 is 0 Å². The molecule has 2 N–H and O–H groups in total. The summed E-state index contributed by atoms with van der Waals surface area (Å²) in [6.07, 6.45) is 5.03. The summed E-state index contributed by atoms with van der Waals surface area (Å²) >= 11 is 0. The number of carbonyl (C=O) groups is 1. The van der Waals surface area contributed by atoms with Crippen LogP contribution in [0.3, 0.4) is 0 Å². The predicted molar refractivity (Wildman–Crippen MR) is 118 cm³/mol. The molecule has 0 fully saturated rings. The van der Waals surface area contributed by atoms with Gasteiger partial charge in [0, 0.05) is 30.8 Å². The van der Waals surface area contributed by atoms with E-state index in [-0.39, 0.29) is 5.91 Å². The van der Waals surface area contributed by atoms with Gasteiger partial charge in [0.05, 0.1) is 5.56 Å². The zero-order valence-electron chi connectivity index (χ0n) is 17.4. The van der Waals surface area contributed by atoms with Gasteiger partial charge in [0.2, 0.25) is 0 Å². The highest BCUT2D eigenvalue weighted by Crippen LogP contribution is 2.34. The van der Waals surface area contributed by atoms with Crippen molar-refractivity contribution >= 4 is 17.4 Å². The zero-order valence-corrected chi connectivity index (χ0v) is 17.4. The average Bonchev–Trinajstić information content (AvgIpc) is 2.73. The van der Waals surface area contributed by atoms with Crippen LogP contribution in [0.5, 0.6) is 0 Å².